The van der Waals surface area contributed by atoms with Crippen LogP contribution in [-0.2, 0) is 19.5 Å². The van der Waals surface area contributed by atoms with Crippen molar-refractivity contribution in [2.75, 3.05) is 6.54 Å². The SMILES string of the molecule is CCn1ncnc1CNCCc1ccc(Cl)s1. The lowest BCUT2D eigenvalue weighted by Gasteiger charge is -2.04. The topological polar surface area (TPSA) is 42.7 Å². The van der Waals surface area contributed by atoms with Gasteiger partial charge >= 0.3 is 0 Å². The molecule has 0 fully saturated rings. The Balaban J connectivity index is 1.73. The van der Waals surface area contributed by atoms with Gasteiger partial charge in [-0.3, -0.25) is 0 Å². The number of aryl methyl sites for hydroxylation is 1. The van der Waals surface area contributed by atoms with Crippen molar-refractivity contribution >= 4 is 22.9 Å². The Morgan fingerprint density at radius 1 is 1.47 bits per heavy atom. The van der Waals surface area contributed by atoms with Crippen molar-refractivity contribution in [3.05, 3.63) is 33.5 Å². The maximum atomic E-state index is 5.87. The highest BCUT2D eigenvalue weighted by molar-refractivity contribution is 7.16. The van der Waals surface area contributed by atoms with Crippen molar-refractivity contribution in [2.24, 2.45) is 0 Å². The van der Waals surface area contributed by atoms with Crippen molar-refractivity contribution in [3.8, 4) is 0 Å². The summed E-state index contributed by atoms with van der Waals surface area (Å²) < 4.78 is 2.75. The van der Waals surface area contributed by atoms with Gasteiger partial charge in [-0.2, -0.15) is 5.10 Å². The summed E-state index contributed by atoms with van der Waals surface area (Å²) in [5, 5.41) is 7.49. The number of nitrogens with one attached hydrogen (secondary N) is 1. The Morgan fingerprint density at radius 2 is 2.35 bits per heavy atom. The van der Waals surface area contributed by atoms with Gasteiger partial charge in [0.15, 0.2) is 0 Å². The minimum Gasteiger partial charge on any atom is -0.309 e. The normalized spacial score (nSPS) is 10.9. The highest BCUT2D eigenvalue weighted by Crippen LogP contribution is 2.21. The van der Waals surface area contributed by atoms with Crippen LogP contribution >= 0.6 is 22.9 Å². The summed E-state index contributed by atoms with van der Waals surface area (Å²) in [6.07, 6.45) is 2.59. The molecule has 0 bridgehead atoms. The predicted molar refractivity (Wildman–Crippen MR) is 70.4 cm³/mol. The van der Waals surface area contributed by atoms with E-state index in [0.29, 0.717) is 0 Å². The number of aromatic nitrogens is 3. The van der Waals surface area contributed by atoms with Gasteiger partial charge < -0.3 is 5.32 Å². The van der Waals surface area contributed by atoms with E-state index in [1.807, 2.05) is 10.7 Å². The number of hydrogen-bond acceptors (Lipinski definition) is 4. The standard InChI is InChI=1S/C11H15ClN4S/c1-2-16-11(14-8-15-16)7-13-6-5-9-3-4-10(12)17-9/h3-4,8,13H,2,5-7H2,1H3. The molecule has 0 spiro atoms. The van der Waals surface area contributed by atoms with Crippen LogP contribution in [0.25, 0.3) is 0 Å². The molecule has 0 aliphatic heterocycles. The first-order chi connectivity index (χ1) is 8.29. The summed E-state index contributed by atoms with van der Waals surface area (Å²) in [4.78, 5) is 5.51. The Hall–Kier alpha value is -0.910. The quantitative estimate of drug-likeness (QED) is 0.820. The summed E-state index contributed by atoms with van der Waals surface area (Å²) in [6.45, 7) is 4.60. The first-order valence-corrected chi connectivity index (χ1v) is 6.80. The van der Waals surface area contributed by atoms with Crippen molar-refractivity contribution in [2.45, 2.75) is 26.4 Å². The molecule has 0 unspecified atom stereocenters. The highest BCUT2D eigenvalue weighted by Gasteiger charge is 2.02. The van der Waals surface area contributed by atoms with Gasteiger partial charge in [0.1, 0.15) is 12.2 Å². The van der Waals surface area contributed by atoms with E-state index in [1.165, 1.54) is 4.88 Å². The van der Waals surface area contributed by atoms with Crippen molar-refractivity contribution in [1.29, 1.82) is 0 Å². The molecule has 92 valence electrons. The van der Waals surface area contributed by atoms with Crippen LogP contribution < -0.4 is 5.32 Å². The third-order valence-corrected chi connectivity index (χ3v) is 3.75. The maximum Gasteiger partial charge on any atom is 0.140 e. The van der Waals surface area contributed by atoms with E-state index in [2.05, 4.69) is 28.4 Å². The zero-order valence-corrected chi connectivity index (χ0v) is 11.3. The Labute approximate surface area is 110 Å². The zero-order chi connectivity index (χ0) is 12.1. The largest absolute Gasteiger partial charge is 0.309 e. The van der Waals surface area contributed by atoms with Crippen LogP contribution in [0.1, 0.15) is 17.6 Å². The molecule has 2 rings (SSSR count). The lowest BCUT2D eigenvalue weighted by molar-refractivity contribution is 0.574. The summed E-state index contributed by atoms with van der Waals surface area (Å²) in [6, 6.07) is 4.01. The van der Waals surface area contributed by atoms with Gasteiger partial charge in [-0.25, -0.2) is 9.67 Å². The maximum absolute atomic E-state index is 5.87. The lowest BCUT2D eigenvalue weighted by Crippen LogP contribution is -2.19. The van der Waals surface area contributed by atoms with E-state index in [4.69, 9.17) is 11.6 Å². The molecular formula is C11H15ClN4S. The average molecular weight is 271 g/mol. The fourth-order valence-electron chi connectivity index (χ4n) is 1.59. The van der Waals surface area contributed by atoms with Gasteiger partial charge in [0.25, 0.3) is 0 Å². The monoisotopic (exact) mass is 270 g/mol. The van der Waals surface area contributed by atoms with Crippen molar-refractivity contribution in [3.63, 3.8) is 0 Å². The number of thiophene rings is 1. The second-order valence-corrected chi connectivity index (χ2v) is 5.42. The summed E-state index contributed by atoms with van der Waals surface area (Å²) in [5.74, 6) is 0.983. The van der Waals surface area contributed by atoms with Gasteiger partial charge in [0.05, 0.1) is 10.9 Å². The smallest absolute Gasteiger partial charge is 0.140 e. The molecule has 0 saturated heterocycles. The third kappa shape index (κ3) is 3.52. The Bertz CT molecular complexity index is 465. The van der Waals surface area contributed by atoms with Crippen LogP contribution in [0.15, 0.2) is 18.5 Å². The van der Waals surface area contributed by atoms with Gasteiger partial charge in [0, 0.05) is 18.0 Å². The molecule has 4 nitrogen and oxygen atoms in total. The fourth-order valence-corrected chi connectivity index (χ4v) is 2.67. The molecular weight excluding hydrogens is 256 g/mol. The van der Waals surface area contributed by atoms with E-state index < -0.39 is 0 Å². The summed E-state index contributed by atoms with van der Waals surface area (Å²) >= 11 is 7.51. The van der Waals surface area contributed by atoms with Gasteiger partial charge in [0.2, 0.25) is 0 Å². The van der Waals surface area contributed by atoms with Crippen molar-refractivity contribution in [1.82, 2.24) is 20.1 Å². The molecule has 0 saturated carbocycles. The molecule has 0 radical (unpaired) electrons. The molecule has 2 aromatic rings. The number of hydrogen-bond donors (Lipinski definition) is 1. The molecule has 0 aliphatic carbocycles. The number of rotatable bonds is 6. The molecule has 1 N–H and O–H groups in total. The Kier molecular flexibility index (Phi) is 4.53. The minimum absolute atomic E-state index is 0.757. The molecule has 0 aromatic carbocycles. The molecule has 2 heterocycles. The number of nitrogens with zero attached hydrogens (tertiary/aromatic N) is 3. The number of halogens is 1. The van der Waals surface area contributed by atoms with E-state index in [-0.39, 0.29) is 0 Å². The van der Waals surface area contributed by atoms with E-state index >= 15 is 0 Å². The van der Waals surface area contributed by atoms with Crippen molar-refractivity contribution < 1.29 is 0 Å². The van der Waals surface area contributed by atoms with Crippen LogP contribution in [-0.4, -0.2) is 21.3 Å². The first-order valence-electron chi connectivity index (χ1n) is 5.61. The van der Waals surface area contributed by atoms with Gasteiger partial charge in [-0.15, -0.1) is 11.3 Å². The first kappa shape index (κ1) is 12.5. The molecule has 6 heteroatoms. The molecule has 17 heavy (non-hydrogen) atoms. The van der Waals surface area contributed by atoms with E-state index in [0.717, 1.165) is 36.2 Å². The van der Waals surface area contributed by atoms with Crippen LogP contribution in [0.3, 0.4) is 0 Å². The van der Waals surface area contributed by atoms with Crippen LogP contribution in [0.5, 0.6) is 0 Å². The molecule has 0 atom stereocenters. The fraction of sp³-hybridized carbons (Fsp3) is 0.455. The Morgan fingerprint density at radius 3 is 3.06 bits per heavy atom. The predicted octanol–water partition coefficient (Wildman–Crippen LogP) is 2.35. The molecule has 2 aromatic heterocycles. The minimum atomic E-state index is 0.757. The van der Waals surface area contributed by atoms with Crippen LogP contribution in [0, 0.1) is 0 Å². The van der Waals surface area contributed by atoms with Crippen LogP contribution in [0.4, 0.5) is 0 Å². The molecule has 0 aliphatic rings. The van der Waals surface area contributed by atoms with Gasteiger partial charge in [-0.1, -0.05) is 11.6 Å². The lowest BCUT2D eigenvalue weighted by atomic mass is 10.3. The van der Waals surface area contributed by atoms with Gasteiger partial charge in [-0.05, 0) is 25.5 Å². The second-order valence-electron chi connectivity index (χ2n) is 3.62. The summed E-state index contributed by atoms with van der Waals surface area (Å²) in [7, 11) is 0. The zero-order valence-electron chi connectivity index (χ0n) is 9.69. The average Bonchev–Trinajstić information content (AvgIpc) is 2.93. The second kappa shape index (κ2) is 6.14. The van der Waals surface area contributed by atoms with Crippen LogP contribution in [0.2, 0.25) is 4.34 Å². The van der Waals surface area contributed by atoms with E-state index in [1.54, 1.807) is 17.7 Å². The highest BCUT2D eigenvalue weighted by atomic mass is 35.5. The molecule has 0 amide bonds. The summed E-state index contributed by atoms with van der Waals surface area (Å²) in [5.41, 5.74) is 0. The van der Waals surface area contributed by atoms with E-state index in [9.17, 15) is 0 Å². The third-order valence-electron chi connectivity index (χ3n) is 2.46.